The van der Waals surface area contributed by atoms with Crippen LogP contribution in [0.2, 0.25) is 5.15 Å². The normalized spacial score (nSPS) is 8.77. The van der Waals surface area contributed by atoms with Gasteiger partial charge in [-0.25, -0.2) is 14.8 Å². The molecule has 0 N–H and O–H groups in total. The van der Waals surface area contributed by atoms with E-state index in [4.69, 9.17) is 16.3 Å². The van der Waals surface area contributed by atoms with Crippen LogP contribution in [-0.2, 0) is 4.74 Å². The largest absolute Gasteiger partial charge is 0.462 e. The number of rotatable bonds is 2. The predicted octanol–water partition coefficient (Wildman–Crippen LogP) is 1.42. The summed E-state index contributed by atoms with van der Waals surface area (Å²) in [6, 6.07) is 0. The first-order chi connectivity index (χ1) is 5.75. The second-order valence-corrected chi connectivity index (χ2v) is 2.31. The van der Waals surface area contributed by atoms with Crippen LogP contribution in [0, 0.1) is 0 Å². The van der Waals surface area contributed by atoms with Crippen molar-refractivity contribution in [2.24, 2.45) is 0 Å². The van der Waals surface area contributed by atoms with E-state index in [-0.39, 0.29) is 24.2 Å². The van der Waals surface area contributed by atoms with Gasteiger partial charge in [0, 0.05) is 6.20 Å². The Morgan fingerprint density at radius 1 is 1.69 bits per heavy atom. The Labute approximate surface area is 87.7 Å². The summed E-state index contributed by atoms with van der Waals surface area (Å²) in [5.41, 5.74) is 0.195. The number of hydrogen-bond acceptors (Lipinski definition) is 4. The van der Waals surface area contributed by atoms with Crippen LogP contribution in [0.25, 0.3) is 0 Å². The Hall–Kier alpha value is -0.810. The summed E-state index contributed by atoms with van der Waals surface area (Å²) in [5.74, 6) is -0.497. The minimum Gasteiger partial charge on any atom is -0.462 e. The molecule has 0 bridgehead atoms. The average Bonchev–Trinajstić information content (AvgIpc) is 2.05. The van der Waals surface area contributed by atoms with Gasteiger partial charge in [0.1, 0.15) is 17.0 Å². The molecule has 1 rings (SSSR count). The van der Waals surface area contributed by atoms with Crippen LogP contribution in [0.4, 0.5) is 0 Å². The van der Waals surface area contributed by atoms with Gasteiger partial charge in [0.05, 0.1) is 6.61 Å². The quantitative estimate of drug-likeness (QED) is 0.559. The fourth-order valence-corrected chi connectivity index (χ4v) is 0.830. The Bertz CT molecular complexity index is 296. The minimum atomic E-state index is -0.497. The lowest BCUT2D eigenvalue weighted by Crippen LogP contribution is -2.06. The van der Waals surface area contributed by atoms with E-state index in [0.29, 0.717) is 6.61 Å². The van der Waals surface area contributed by atoms with Crippen LogP contribution >= 0.6 is 25.1 Å². The number of nitrogens with zero attached hydrogens (tertiary/aromatic N) is 2. The van der Waals surface area contributed by atoms with Gasteiger partial charge >= 0.3 is 5.97 Å². The van der Waals surface area contributed by atoms with Crippen molar-refractivity contribution < 1.29 is 9.53 Å². The van der Waals surface area contributed by atoms with Gasteiger partial charge in [0.2, 0.25) is 0 Å². The summed E-state index contributed by atoms with van der Waals surface area (Å²) < 4.78 is 4.71. The maximum Gasteiger partial charge on any atom is 0.342 e. The fourth-order valence-electron chi connectivity index (χ4n) is 0.660. The Balaban J connectivity index is 0.00000144. The van der Waals surface area contributed by atoms with Crippen LogP contribution in [0.5, 0.6) is 0 Å². The lowest BCUT2D eigenvalue weighted by atomic mass is 10.3. The van der Waals surface area contributed by atoms with Gasteiger partial charge < -0.3 is 4.74 Å². The van der Waals surface area contributed by atoms with E-state index in [0.717, 1.165) is 0 Å². The van der Waals surface area contributed by atoms with Gasteiger partial charge in [-0.2, -0.15) is 13.5 Å². The Morgan fingerprint density at radius 3 is 2.92 bits per heavy atom. The maximum absolute atomic E-state index is 11.1. The van der Waals surface area contributed by atoms with E-state index >= 15 is 0 Å². The highest BCUT2D eigenvalue weighted by Crippen LogP contribution is 2.10. The number of carbonyl (C=O) groups excluding carboxylic acids is 1. The third kappa shape index (κ3) is 3.20. The smallest absolute Gasteiger partial charge is 0.342 e. The second-order valence-electron chi connectivity index (χ2n) is 1.95. The highest BCUT2D eigenvalue weighted by molar-refractivity contribution is 7.59. The first-order valence-electron chi connectivity index (χ1n) is 3.38. The zero-order valence-corrected chi connectivity index (χ0v) is 8.71. The molecule has 0 radical (unpaired) electrons. The number of ether oxygens (including phenoxy) is 1. The molecule has 0 fully saturated rings. The molecule has 0 atom stereocenters. The third-order valence-electron chi connectivity index (χ3n) is 1.16. The van der Waals surface area contributed by atoms with Crippen molar-refractivity contribution >= 4 is 31.1 Å². The highest BCUT2D eigenvalue weighted by atomic mass is 35.5. The summed E-state index contributed by atoms with van der Waals surface area (Å²) in [7, 11) is 0. The van der Waals surface area contributed by atoms with Crippen molar-refractivity contribution in [3.63, 3.8) is 0 Å². The van der Waals surface area contributed by atoms with Crippen LogP contribution in [-0.4, -0.2) is 22.5 Å². The molecule has 1 aromatic heterocycles. The first-order valence-corrected chi connectivity index (χ1v) is 3.76. The van der Waals surface area contributed by atoms with E-state index in [1.807, 2.05) is 0 Å². The summed E-state index contributed by atoms with van der Waals surface area (Å²) >= 11 is 5.60. The van der Waals surface area contributed by atoms with E-state index in [9.17, 15) is 4.79 Å². The van der Waals surface area contributed by atoms with Gasteiger partial charge in [-0.15, -0.1) is 0 Å². The van der Waals surface area contributed by atoms with Crippen LogP contribution in [0.15, 0.2) is 12.5 Å². The van der Waals surface area contributed by atoms with Crippen molar-refractivity contribution in [3.8, 4) is 0 Å². The molecule has 1 aromatic rings. The van der Waals surface area contributed by atoms with E-state index in [1.54, 1.807) is 6.92 Å². The monoisotopic (exact) mass is 220 g/mol. The zero-order chi connectivity index (χ0) is 8.97. The average molecular weight is 221 g/mol. The molecule has 0 aliphatic carbocycles. The Morgan fingerprint density at radius 2 is 2.38 bits per heavy atom. The molecule has 0 aliphatic heterocycles. The molecule has 0 unspecified atom stereocenters. The first kappa shape index (κ1) is 12.2. The van der Waals surface area contributed by atoms with E-state index in [2.05, 4.69) is 9.97 Å². The number of halogens is 1. The van der Waals surface area contributed by atoms with E-state index < -0.39 is 5.97 Å². The Kier molecular flexibility index (Phi) is 5.41. The lowest BCUT2D eigenvalue weighted by molar-refractivity contribution is 0.0525. The molecule has 0 spiro atoms. The van der Waals surface area contributed by atoms with Crippen molar-refractivity contribution in [2.75, 3.05) is 6.61 Å². The van der Waals surface area contributed by atoms with Crippen molar-refractivity contribution in [3.05, 3.63) is 23.2 Å². The van der Waals surface area contributed by atoms with Gasteiger partial charge in [-0.3, -0.25) is 0 Å². The third-order valence-corrected chi connectivity index (χ3v) is 1.46. The van der Waals surface area contributed by atoms with Gasteiger partial charge in [0.15, 0.2) is 0 Å². The molecule has 0 saturated heterocycles. The number of aromatic nitrogens is 2. The molecule has 0 saturated carbocycles. The molecular formula is C7H9ClN2O2S. The SMILES string of the molecule is CCOC(=O)c1cncnc1Cl.S. The number of hydrogen-bond donors (Lipinski definition) is 0. The fraction of sp³-hybridized carbons (Fsp3) is 0.286. The topological polar surface area (TPSA) is 52.1 Å². The van der Waals surface area contributed by atoms with Gasteiger partial charge in [-0.05, 0) is 6.92 Å². The summed E-state index contributed by atoms with van der Waals surface area (Å²) in [6.07, 6.45) is 2.60. The molecule has 0 aromatic carbocycles. The molecule has 4 nitrogen and oxygen atoms in total. The zero-order valence-electron chi connectivity index (χ0n) is 6.95. The van der Waals surface area contributed by atoms with Crippen molar-refractivity contribution in [1.82, 2.24) is 9.97 Å². The van der Waals surface area contributed by atoms with Gasteiger partial charge in [-0.1, -0.05) is 11.6 Å². The predicted molar refractivity (Wildman–Crippen MR) is 53.4 cm³/mol. The van der Waals surface area contributed by atoms with Crippen molar-refractivity contribution in [2.45, 2.75) is 6.92 Å². The second kappa shape index (κ2) is 5.77. The van der Waals surface area contributed by atoms with Crippen molar-refractivity contribution in [1.29, 1.82) is 0 Å². The molecule has 0 amide bonds. The van der Waals surface area contributed by atoms with E-state index in [1.165, 1.54) is 12.5 Å². The van der Waals surface area contributed by atoms with Crippen LogP contribution in [0.1, 0.15) is 17.3 Å². The van der Waals surface area contributed by atoms with Gasteiger partial charge in [0.25, 0.3) is 0 Å². The summed E-state index contributed by atoms with van der Waals surface area (Å²) in [5, 5.41) is 0.114. The lowest BCUT2D eigenvalue weighted by Gasteiger charge is -2.00. The molecule has 0 aliphatic rings. The molecule has 1 heterocycles. The summed E-state index contributed by atoms with van der Waals surface area (Å²) in [6.45, 7) is 2.03. The maximum atomic E-state index is 11.1. The minimum absolute atomic E-state index is 0. The highest BCUT2D eigenvalue weighted by Gasteiger charge is 2.11. The number of esters is 1. The standard InChI is InChI=1S/C7H7ClN2O2.H2S/c1-2-12-7(11)5-3-9-4-10-6(5)8;/h3-4H,2H2,1H3;1H2. The number of carbonyl (C=O) groups is 1. The molecule has 72 valence electrons. The molecule has 6 heteroatoms. The summed E-state index contributed by atoms with van der Waals surface area (Å²) in [4.78, 5) is 18.4. The molecule has 13 heavy (non-hydrogen) atoms. The van der Waals surface area contributed by atoms with Crippen LogP contribution < -0.4 is 0 Å². The van der Waals surface area contributed by atoms with Crippen LogP contribution in [0.3, 0.4) is 0 Å². The molecular weight excluding hydrogens is 212 g/mol.